The average Bonchev–Trinajstić information content (AvgIpc) is 2.84. The first-order valence-corrected chi connectivity index (χ1v) is 14.5. The Hall–Kier alpha value is -2.45. The van der Waals surface area contributed by atoms with Crippen molar-refractivity contribution < 1.29 is 24.6 Å². The largest absolute Gasteiger partial charge is 0.390 e. The van der Waals surface area contributed by atoms with E-state index in [-0.39, 0.29) is 30.2 Å². The van der Waals surface area contributed by atoms with E-state index >= 15 is 0 Å². The van der Waals surface area contributed by atoms with Crippen LogP contribution >= 0.6 is 0 Å². The van der Waals surface area contributed by atoms with Gasteiger partial charge in [-0.05, 0) is 61.3 Å². The van der Waals surface area contributed by atoms with Crippen molar-refractivity contribution in [1.29, 1.82) is 0 Å². The minimum Gasteiger partial charge on any atom is -0.390 e. The van der Waals surface area contributed by atoms with Crippen LogP contribution in [0.3, 0.4) is 0 Å². The molecule has 39 heavy (non-hydrogen) atoms. The number of aliphatic hydroxyl groups is 2. The van der Waals surface area contributed by atoms with Gasteiger partial charge in [0.05, 0.1) is 18.1 Å². The summed E-state index contributed by atoms with van der Waals surface area (Å²) in [5.74, 6) is -0.827. The van der Waals surface area contributed by atoms with Crippen molar-refractivity contribution in [2.24, 2.45) is 23.7 Å². The highest BCUT2D eigenvalue weighted by Crippen LogP contribution is 2.19. The second-order valence-electron chi connectivity index (χ2n) is 11.8. The molecule has 0 bridgehead atoms. The fourth-order valence-electron chi connectivity index (χ4n) is 4.01. The number of nitrogens with one attached hydrogen (secondary N) is 2. The van der Waals surface area contributed by atoms with Crippen LogP contribution in [0, 0.1) is 30.6 Å². The standard InChI is InChI=1S/C27H45N3O5.C4H10/c1-8-10-30(11-9-2)27(35)21-13-19(7)12-20(14-21)25(33)29-16-22(31)24(32)23(18(5)6)26(34)28-15-17(3)4;1-4(2)3/h12-14,17-18,22-24,31-32H,8-11,15-16H2,1-7H3,(H,28,34)(H,29,33);4H,1-3H3. The summed E-state index contributed by atoms with van der Waals surface area (Å²) in [5, 5.41) is 26.7. The molecular formula is C31H55N3O5. The first-order valence-electron chi connectivity index (χ1n) is 14.5. The van der Waals surface area contributed by atoms with E-state index in [9.17, 15) is 24.6 Å². The summed E-state index contributed by atoms with van der Waals surface area (Å²) in [7, 11) is 0. The van der Waals surface area contributed by atoms with Crippen LogP contribution in [0.2, 0.25) is 0 Å². The molecule has 0 fully saturated rings. The molecular weight excluding hydrogens is 494 g/mol. The van der Waals surface area contributed by atoms with Crippen LogP contribution in [0.4, 0.5) is 0 Å². The number of rotatable bonds is 14. The molecule has 0 radical (unpaired) electrons. The van der Waals surface area contributed by atoms with E-state index in [0.29, 0.717) is 30.8 Å². The van der Waals surface area contributed by atoms with Crippen molar-refractivity contribution in [2.75, 3.05) is 26.2 Å². The quantitative estimate of drug-likeness (QED) is 0.274. The highest BCUT2D eigenvalue weighted by atomic mass is 16.3. The minimum absolute atomic E-state index is 0.117. The second kappa shape index (κ2) is 18.8. The highest BCUT2D eigenvalue weighted by Gasteiger charge is 2.34. The molecule has 0 aliphatic carbocycles. The van der Waals surface area contributed by atoms with Gasteiger partial charge in [-0.25, -0.2) is 0 Å². The number of benzene rings is 1. The molecule has 3 amide bonds. The van der Waals surface area contributed by atoms with Crippen LogP contribution in [-0.4, -0.2) is 71.2 Å². The Morgan fingerprint density at radius 3 is 1.79 bits per heavy atom. The van der Waals surface area contributed by atoms with E-state index in [1.165, 1.54) is 0 Å². The van der Waals surface area contributed by atoms with Gasteiger partial charge in [0, 0.05) is 37.3 Å². The Balaban J connectivity index is 0.00000336. The van der Waals surface area contributed by atoms with Gasteiger partial charge in [0.25, 0.3) is 11.8 Å². The zero-order chi connectivity index (χ0) is 30.3. The molecule has 0 spiro atoms. The van der Waals surface area contributed by atoms with E-state index in [4.69, 9.17) is 0 Å². The van der Waals surface area contributed by atoms with Gasteiger partial charge < -0.3 is 25.7 Å². The van der Waals surface area contributed by atoms with Gasteiger partial charge in [0.2, 0.25) is 5.91 Å². The molecule has 224 valence electrons. The second-order valence-corrected chi connectivity index (χ2v) is 11.8. The summed E-state index contributed by atoms with van der Waals surface area (Å²) < 4.78 is 0. The average molecular weight is 550 g/mol. The molecule has 1 rings (SSSR count). The molecule has 0 aromatic heterocycles. The van der Waals surface area contributed by atoms with Crippen molar-refractivity contribution in [1.82, 2.24) is 15.5 Å². The van der Waals surface area contributed by atoms with E-state index in [1.807, 2.05) is 34.6 Å². The van der Waals surface area contributed by atoms with Crippen molar-refractivity contribution in [3.63, 3.8) is 0 Å². The Labute approximate surface area is 236 Å². The van der Waals surface area contributed by atoms with Gasteiger partial charge in [-0.1, -0.05) is 62.3 Å². The third-order valence-electron chi connectivity index (χ3n) is 5.80. The number of amides is 3. The minimum atomic E-state index is -1.34. The van der Waals surface area contributed by atoms with Crippen molar-refractivity contribution in [3.8, 4) is 0 Å². The lowest BCUT2D eigenvalue weighted by Gasteiger charge is -2.29. The van der Waals surface area contributed by atoms with Crippen LogP contribution in [0.1, 0.15) is 101 Å². The summed E-state index contributed by atoms with van der Waals surface area (Å²) in [5.41, 5.74) is 1.52. The number of aryl methyl sites for hydroxylation is 1. The number of hydrogen-bond donors (Lipinski definition) is 4. The van der Waals surface area contributed by atoms with Crippen LogP contribution in [0.25, 0.3) is 0 Å². The Kier molecular flexibility index (Phi) is 17.6. The first-order chi connectivity index (χ1) is 18.2. The number of aliphatic hydroxyl groups excluding tert-OH is 2. The van der Waals surface area contributed by atoms with Gasteiger partial charge in [-0.15, -0.1) is 0 Å². The third kappa shape index (κ3) is 14.0. The maximum Gasteiger partial charge on any atom is 0.253 e. The van der Waals surface area contributed by atoms with Crippen LogP contribution in [0.5, 0.6) is 0 Å². The predicted octanol–water partition coefficient (Wildman–Crippen LogP) is 4.42. The molecule has 0 saturated carbocycles. The number of carbonyl (C=O) groups excluding carboxylic acids is 3. The fraction of sp³-hybridized carbons (Fsp3) is 0.710. The lowest BCUT2D eigenvalue weighted by Crippen LogP contribution is -2.49. The molecule has 0 heterocycles. The lowest BCUT2D eigenvalue weighted by molar-refractivity contribution is -0.134. The zero-order valence-corrected chi connectivity index (χ0v) is 26.0. The van der Waals surface area contributed by atoms with Crippen LogP contribution in [-0.2, 0) is 4.79 Å². The van der Waals surface area contributed by atoms with Crippen molar-refractivity contribution >= 4 is 17.7 Å². The van der Waals surface area contributed by atoms with Crippen LogP contribution in [0.15, 0.2) is 18.2 Å². The van der Waals surface area contributed by atoms with E-state index in [1.54, 1.807) is 36.9 Å². The van der Waals surface area contributed by atoms with E-state index in [0.717, 1.165) is 24.3 Å². The smallest absolute Gasteiger partial charge is 0.253 e. The van der Waals surface area contributed by atoms with Crippen molar-refractivity contribution in [3.05, 3.63) is 34.9 Å². The topological polar surface area (TPSA) is 119 Å². The van der Waals surface area contributed by atoms with E-state index < -0.39 is 24.0 Å². The summed E-state index contributed by atoms with van der Waals surface area (Å²) in [6, 6.07) is 5.00. The molecule has 0 saturated heterocycles. The highest BCUT2D eigenvalue weighted by molar-refractivity contribution is 6.00. The summed E-state index contributed by atoms with van der Waals surface area (Å²) in [6.45, 7) is 21.5. The summed E-state index contributed by atoms with van der Waals surface area (Å²) in [6.07, 6.45) is -0.976. The maximum atomic E-state index is 13.0. The van der Waals surface area contributed by atoms with Gasteiger partial charge in [0.15, 0.2) is 0 Å². The van der Waals surface area contributed by atoms with Gasteiger partial charge in [-0.3, -0.25) is 14.4 Å². The normalized spacial score (nSPS) is 13.4. The van der Waals surface area contributed by atoms with E-state index in [2.05, 4.69) is 31.4 Å². The van der Waals surface area contributed by atoms with Gasteiger partial charge >= 0.3 is 0 Å². The molecule has 0 aliphatic rings. The molecule has 8 nitrogen and oxygen atoms in total. The molecule has 1 aromatic rings. The number of nitrogens with zero attached hydrogens (tertiary/aromatic N) is 1. The SMILES string of the molecule is CC(C)C.CCCN(CCC)C(=O)c1cc(C)cc(C(=O)NCC(O)C(O)C(C(=O)NCC(C)C)C(C)C)c1. The fourth-order valence-corrected chi connectivity index (χ4v) is 4.01. The number of hydrogen-bond acceptors (Lipinski definition) is 5. The Morgan fingerprint density at radius 1 is 0.821 bits per heavy atom. The molecule has 1 aromatic carbocycles. The van der Waals surface area contributed by atoms with Gasteiger partial charge in [0.1, 0.15) is 0 Å². The molecule has 4 N–H and O–H groups in total. The maximum absolute atomic E-state index is 13.0. The monoisotopic (exact) mass is 549 g/mol. The predicted molar refractivity (Wildman–Crippen MR) is 159 cm³/mol. The van der Waals surface area contributed by atoms with Gasteiger partial charge in [-0.2, -0.15) is 0 Å². The Morgan fingerprint density at radius 2 is 1.33 bits per heavy atom. The zero-order valence-electron chi connectivity index (χ0n) is 26.0. The van der Waals surface area contributed by atoms with Crippen LogP contribution < -0.4 is 10.6 Å². The lowest BCUT2D eigenvalue weighted by atomic mass is 9.86. The molecule has 0 aliphatic heterocycles. The molecule has 8 heteroatoms. The molecule has 3 atom stereocenters. The summed E-state index contributed by atoms with van der Waals surface area (Å²) in [4.78, 5) is 40.2. The Bertz CT molecular complexity index is 876. The van der Waals surface area contributed by atoms with Crippen molar-refractivity contribution in [2.45, 2.75) is 94.3 Å². The number of carbonyl (C=O) groups is 3. The summed E-state index contributed by atoms with van der Waals surface area (Å²) >= 11 is 0. The molecule has 3 unspecified atom stereocenters. The third-order valence-corrected chi connectivity index (χ3v) is 5.80. The first kappa shape index (κ1) is 36.5.